The van der Waals surface area contributed by atoms with Crippen LogP contribution in [0, 0.1) is 12.8 Å². The first-order chi connectivity index (χ1) is 25.4. The number of hydrogen-bond acceptors (Lipinski definition) is 12. The summed E-state index contributed by atoms with van der Waals surface area (Å²) in [5.41, 5.74) is 10.7. The molecule has 6 N–H and O–H groups in total. The number of rotatable bonds is 17. The molecule has 2 aliphatic rings. The third-order valence-electron chi connectivity index (χ3n) is 8.67. The maximum absolute atomic E-state index is 10.0. The molecule has 12 heteroatoms. The predicted molar refractivity (Wildman–Crippen MR) is 223 cm³/mol. The van der Waals surface area contributed by atoms with Crippen molar-refractivity contribution in [3.63, 3.8) is 0 Å². The maximum Gasteiger partial charge on any atom is 0.121 e. The highest BCUT2D eigenvalue weighted by molar-refractivity contribution is 7.13. The van der Waals surface area contributed by atoms with E-state index >= 15 is 0 Å². The Bertz CT molecular complexity index is 1130. The minimum atomic E-state index is -0.318. The first-order valence-corrected chi connectivity index (χ1v) is 20.1. The molecule has 4 rings (SSSR count). The van der Waals surface area contributed by atoms with Crippen molar-refractivity contribution in [2.45, 2.75) is 122 Å². The van der Waals surface area contributed by atoms with Crippen LogP contribution in [0.2, 0.25) is 0 Å². The maximum atomic E-state index is 10.0. The number of carbonyl (C=O) groups is 4. The summed E-state index contributed by atoms with van der Waals surface area (Å²) in [6.45, 7) is 15.1. The van der Waals surface area contributed by atoms with Gasteiger partial charge in [-0.2, -0.15) is 0 Å². The van der Waals surface area contributed by atoms with Gasteiger partial charge in [0.25, 0.3) is 0 Å². The topological polar surface area (TPSA) is 167 Å². The Morgan fingerprint density at radius 3 is 2.02 bits per heavy atom. The standard InChI is InChI=1S/C13H16N2S.C11H23NO.C6H11NO.2C5H11NO.CH2O/c1-9(14-3)11-4-6-12(7-5-11)13-10(2)15-8-16-13;1-12-10-8-6-4-2-3-5-7-9-11-13;8-4-2-6-1-3-7-5-6;1-6-3-2-5(7)4-6;1-5(2,6)3-4-7;1-2/h4-9,14H,1-3H3;11-12H,2-10H2,1H3;4,6-7H,1-3,5H2;5,7H,2-4H2,1H3;4H,3,6H2,1-2H3;1H2. The normalized spacial score (nSPS) is 16.7. The van der Waals surface area contributed by atoms with E-state index in [2.05, 4.69) is 63.9 Å². The summed E-state index contributed by atoms with van der Waals surface area (Å²) in [5.74, 6) is 0.632. The molecule has 2 fully saturated rings. The molecule has 0 bridgehead atoms. The molecule has 2 aromatic rings. The van der Waals surface area contributed by atoms with Crippen LogP contribution in [-0.2, 0) is 19.2 Å². The number of β-amino-alcohol motifs (C(OH)–C–C–N with tert-alkyl or cyclic N) is 1. The highest BCUT2D eigenvalue weighted by Gasteiger charge is 2.15. The van der Waals surface area contributed by atoms with E-state index in [9.17, 15) is 14.4 Å². The highest BCUT2D eigenvalue weighted by atomic mass is 32.1. The molecule has 3 unspecified atom stereocenters. The lowest BCUT2D eigenvalue weighted by Gasteiger charge is -2.12. The van der Waals surface area contributed by atoms with Crippen molar-refractivity contribution in [1.82, 2.24) is 25.8 Å². The largest absolute Gasteiger partial charge is 0.392 e. The lowest BCUT2D eigenvalue weighted by Crippen LogP contribution is -2.31. The van der Waals surface area contributed by atoms with Crippen LogP contribution in [0.25, 0.3) is 10.4 Å². The van der Waals surface area contributed by atoms with Crippen molar-refractivity contribution in [1.29, 1.82) is 0 Å². The van der Waals surface area contributed by atoms with Gasteiger partial charge in [-0.05, 0) is 111 Å². The third kappa shape index (κ3) is 30.3. The van der Waals surface area contributed by atoms with Gasteiger partial charge in [-0.15, -0.1) is 11.3 Å². The summed E-state index contributed by atoms with van der Waals surface area (Å²) in [6, 6.07) is 9.09. The van der Waals surface area contributed by atoms with Gasteiger partial charge in [0, 0.05) is 43.9 Å². The molecule has 53 heavy (non-hydrogen) atoms. The molecule has 0 saturated carbocycles. The van der Waals surface area contributed by atoms with Crippen molar-refractivity contribution in [3.05, 3.63) is 41.0 Å². The number of unbranched alkanes of at least 4 members (excludes halogenated alkanes) is 7. The number of benzene rings is 1. The molecule has 3 heterocycles. The quantitative estimate of drug-likeness (QED) is 0.0960. The molecule has 2 saturated heterocycles. The van der Waals surface area contributed by atoms with Gasteiger partial charge in [-0.3, -0.25) is 0 Å². The van der Waals surface area contributed by atoms with Crippen molar-refractivity contribution in [2.75, 3.05) is 53.9 Å². The van der Waals surface area contributed by atoms with Crippen LogP contribution in [0.3, 0.4) is 0 Å². The molecule has 304 valence electrons. The summed E-state index contributed by atoms with van der Waals surface area (Å²) in [6.07, 6.45) is 15.8. The number of nitrogens with zero attached hydrogens (tertiary/aromatic N) is 2. The van der Waals surface area contributed by atoms with Gasteiger partial charge in [0.2, 0.25) is 0 Å². The average molecular weight is 763 g/mol. The fourth-order valence-corrected chi connectivity index (χ4v) is 6.07. The number of aromatic nitrogens is 1. The van der Waals surface area contributed by atoms with Gasteiger partial charge in [0.15, 0.2) is 0 Å². The van der Waals surface area contributed by atoms with Gasteiger partial charge < -0.3 is 50.9 Å². The number of likely N-dealkylation sites (tertiary alicyclic amines) is 1. The fourth-order valence-electron chi connectivity index (χ4n) is 5.26. The van der Waals surface area contributed by atoms with Crippen LogP contribution in [0.4, 0.5) is 0 Å². The van der Waals surface area contributed by atoms with Crippen LogP contribution >= 0.6 is 11.3 Å². The number of thiazole rings is 1. The van der Waals surface area contributed by atoms with Gasteiger partial charge in [0.05, 0.1) is 22.2 Å². The molecule has 1 aromatic carbocycles. The molecular weight excluding hydrogens is 689 g/mol. The summed E-state index contributed by atoms with van der Waals surface area (Å²) in [4.78, 5) is 45.3. The van der Waals surface area contributed by atoms with E-state index in [1.54, 1.807) is 11.3 Å². The molecule has 3 atom stereocenters. The SMILES string of the molecule is C=O.CC(C)(N)CC=O.CN1CCC(O)C1.CNC(C)c1ccc(-c2scnc2C)cc1.CNCCCCCCCCCC=O.O=CCC1CCNC1. The van der Waals surface area contributed by atoms with Crippen molar-refractivity contribution in [3.8, 4) is 10.4 Å². The molecule has 11 nitrogen and oxygen atoms in total. The van der Waals surface area contributed by atoms with E-state index in [-0.39, 0.29) is 11.6 Å². The Morgan fingerprint density at radius 1 is 1.02 bits per heavy atom. The Hall–Kier alpha value is -2.71. The molecule has 1 aromatic heterocycles. The minimum absolute atomic E-state index is 0.0509. The van der Waals surface area contributed by atoms with E-state index in [4.69, 9.17) is 15.6 Å². The van der Waals surface area contributed by atoms with Gasteiger partial charge >= 0.3 is 0 Å². The number of aldehydes is 3. The zero-order valence-corrected chi connectivity index (χ0v) is 34.9. The number of hydrogen-bond donors (Lipinski definition) is 5. The van der Waals surface area contributed by atoms with Crippen molar-refractivity contribution in [2.24, 2.45) is 11.7 Å². The molecular formula is C41H74N6O5S. The smallest absolute Gasteiger partial charge is 0.121 e. The van der Waals surface area contributed by atoms with E-state index in [1.165, 1.54) is 60.9 Å². The van der Waals surface area contributed by atoms with Crippen molar-refractivity contribution >= 4 is 37.0 Å². The molecule has 0 amide bonds. The number of aryl methyl sites for hydroxylation is 1. The first kappa shape index (κ1) is 52.4. The Balaban J connectivity index is 0. The van der Waals surface area contributed by atoms with E-state index in [0.717, 1.165) is 83.0 Å². The van der Waals surface area contributed by atoms with Crippen LogP contribution < -0.4 is 21.7 Å². The Labute approximate surface area is 325 Å². The fraction of sp³-hybridized carbons (Fsp3) is 0.683. The lowest BCUT2D eigenvalue weighted by molar-refractivity contribution is -0.109. The average Bonchev–Trinajstić information content (AvgIpc) is 3.92. The minimum Gasteiger partial charge on any atom is -0.392 e. The van der Waals surface area contributed by atoms with Crippen LogP contribution in [0.15, 0.2) is 29.8 Å². The van der Waals surface area contributed by atoms with Gasteiger partial charge in [-0.25, -0.2) is 4.98 Å². The monoisotopic (exact) mass is 763 g/mol. The Kier molecular flexibility index (Phi) is 34.6. The lowest BCUT2D eigenvalue weighted by atomic mass is 10.0. The number of aliphatic hydroxyl groups is 1. The molecule has 0 aliphatic carbocycles. The number of carbonyl (C=O) groups excluding carboxylic acids is 4. The first-order valence-electron chi connectivity index (χ1n) is 19.2. The zero-order valence-electron chi connectivity index (χ0n) is 34.0. The van der Waals surface area contributed by atoms with E-state index in [1.807, 2.05) is 47.3 Å². The van der Waals surface area contributed by atoms with E-state index in [0.29, 0.717) is 18.4 Å². The zero-order chi connectivity index (χ0) is 40.3. The number of likely N-dealkylation sites (N-methyl/N-ethyl adjacent to an activating group) is 1. The highest BCUT2D eigenvalue weighted by Crippen LogP contribution is 2.28. The summed E-state index contributed by atoms with van der Waals surface area (Å²) in [5, 5.41) is 18.4. The van der Waals surface area contributed by atoms with Gasteiger partial charge in [0.1, 0.15) is 25.6 Å². The summed E-state index contributed by atoms with van der Waals surface area (Å²) >= 11 is 1.70. The molecule has 0 radical (unpaired) electrons. The van der Waals surface area contributed by atoms with Crippen molar-refractivity contribution < 1.29 is 24.3 Å². The molecule has 0 spiro atoms. The second-order valence-corrected chi connectivity index (χ2v) is 15.1. The van der Waals surface area contributed by atoms with Crippen LogP contribution in [-0.4, -0.2) is 106 Å². The van der Waals surface area contributed by atoms with E-state index < -0.39 is 0 Å². The summed E-state index contributed by atoms with van der Waals surface area (Å²) in [7, 11) is 6.00. The number of nitrogens with one attached hydrogen (secondary N) is 3. The number of aliphatic hydroxyl groups excluding tert-OH is 1. The number of nitrogens with two attached hydrogens (primary N) is 1. The molecule has 2 aliphatic heterocycles. The second-order valence-electron chi connectivity index (χ2n) is 14.3. The third-order valence-corrected chi connectivity index (χ3v) is 9.65. The Morgan fingerprint density at radius 2 is 1.64 bits per heavy atom. The van der Waals surface area contributed by atoms with Gasteiger partial charge in [-0.1, -0.05) is 56.4 Å². The summed E-state index contributed by atoms with van der Waals surface area (Å²) < 4.78 is 0. The van der Waals surface area contributed by atoms with Crippen LogP contribution in [0.1, 0.15) is 115 Å². The second kappa shape index (κ2) is 35.0. The van der Waals surface area contributed by atoms with Crippen LogP contribution in [0.5, 0.6) is 0 Å². The predicted octanol–water partition coefficient (Wildman–Crippen LogP) is 5.92.